The van der Waals surface area contributed by atoms with Crippen LogP contribution >= 0.6 is 11.3 Å². The van der Waals surface area contributed by atoms with Crippen molar-refractivity contribution in [2.75, 3.05) is 5.32 Å². The van der Waals surface area contributed by atoms with E-state index >= 15 is 0 Å². The number of fused-ring (bicyclic) bond motifs is 1. The fourth-order valence-electron chi connectivity index (χ4n) is 3.23. The van der Waals surface area contributed by atoms with E-state index in [4.69, 9.17) is 4.98 Å². The highest BCUT2D eigenvalue weighted by molar-refractivity contribution is 7.13. The molecule has 0 bridgehead atoms. The minimum atomic E-state index is -0.228. The maximum Gasteiger partial charge on any atom is 0.274 e. The third-order valence-electron chi connectivity index (χ3n) is 4.79. The van der Waals surface area contributed by atoms with Gasteiger partial charge >= 0.3 is 0 Å². The highest BCUT2D eigenvalue weighted by Gasteiger charge is 2.10. The SMILES string of the molecule is O=C(Nc1ccc(-c2csc(-c3ccccc3)n2)cc1)c1ccc2ccccc2n1. The van der Waals surface area contributed by atoms with Crippen molar-refractivity contribution in [1.29, 1.82) is 0 Å². The summed E-state index contributed by atoms with van der Waals surface area (Å²) in [4.78, 5) is 21.8. The zero-order chi connectivity index (χ0) is 20.3. The van der Waals surface area contributed by atoms with Crippen molar-refractivity contribution in [1.82, 2.24) is 9.97 Å². The van der Waals surface area contributed by atoms with Crippen molar-refractivity contribution < 1.29 is 4.79 Å². The molecule has 30 heavy (non-hydrogen) atoms. The normalized spacial score (nSPS) is 10.8. The molecule has 0 saturated carbocycles. The fraction of sp³-hybridized carbons (Fsp3) is 0. The van der Waals surface area contributed by atoms with E-state index < -0.39 is 0 Å². The van der Waals surface area contributed by atoms with Crippen molar-refractivity contribution in [3.8, 4) is 21.8 Å². The first-order valence-corrected chi connectivity index (χ1v) is 10.4. The van der Waals surface area contributed by atoms with E-state index in [9.17, 15) is 4.79 Å². The van der Waals surface area contributed by atoms with Gasteiger partial charge in [0.1, 0.15) is 10.7 Å². The van der Waals surface area contributed by atoms with E-state index in [1.165, 1.54) is 0 Å². The van der Waals surface area contributed by atoms with Gasteiger partial charge in [0.15, 0.2) is 0 Å². The Balaban J connectivity index is 1.32. The first kappa shape index (κ1) is 18.2. The van der Waals surface area contributed by atoms with Gasteiger partial charge in [-0.05, 0) is 24.3 Å². The summed E-state index contributed by atoms with van der Waals surface area (Å²) in [5.74, 6) is -0.228. The Kier molecular flexibility index (Phi) is 4.79. The van der Waals surface area contributed by atoms with Crippen LogP contribution in [0.5, 0.6) is 0 Å². The van der Waals surface area contributed by atoms with E-state index in [1.807, 2.05) is 72.8 Å². The van der Waals surface area contributed by atoms with Crippen LogP contribution in [0.3, 0.4) is 0 Å². The number of carbonyl (C=O) groups excluding carboxylic acids is 1. The zero-order valence-corrected chi connectivity index (χ0v) is 16.8. The van der Waals surface area contributed by atoms with Crippen LogP contribution in [0.25, 0.3) is 32.7 Å². The summed E-state index contributed by atoms with van der Waals surface area (Å²) in [5, 5.41) is 6.97. The molecular formula is C25H17N3OS. The van der Waals surface area contributed by atoms with Crippen molar-refractivity contribution in [2.45, 2.75) is 0 Å². The van der Waals surface area contributed by atoms with Crippen molar-refractivity contribution in [3.63, 3.8) is 0 Å². The van der Waals surface area contributed by atoms with Crippen LogP contribution in [0, 0.1) is 0 Å². The van der Waals surface area contributed by atoms with Crippen molar-refractivity contribution in [2.24, 2.45) is 0 Å². The molecule has 2 aromatic heterocycles. The van der Waals surface area contributed by atoms with Crippen molar-refractivity contribution >= 4 is 33.8 Å². The Bertz CT molecular complexity index is 1330. The summed E-state index contributed by atoms with van der Waals surface area (Å²) in [7, 11) is 0. The molecule has 0 spiro atoms. The molecule has 5 aromatic rings. The van der Waals surface area contributed by atoms with Gasteiger partial charge in [0, 0.05) is 27.6 Å². The molecule has 0 saturated heterocycles. The molecular weight excluding hydrogens is 390 g/mol. The molecule has 2 heterocycles. The smallest absolute Gasteiger partial charge is 0.274 e. The van der Waals surface area contributed by atoms with Crippen LogP contribution in [-0.2, 0) is 0 Å². The molecule has 0 aliphatic rings. The minimum absolute atomic E-state index is 0.228. The number of carbonyl (C=O) groups is 1. The van der Waals surface area contributed by atoms with E-state index in [0.29, 0.717) is 5.69 Å². The van der Waals surface area contributed by atoms with Crippen LogP contribution in [0.4, 0.5) is 5.69 Å². The Morgan fingerprint density at radius 2 is 1.50 bits per heavy atom. The molecule has 0 unspecified atom stereocenters. The van der Waals surface area contributed by atoms with Gasteiger partial charge in [0.25, 0.3) is 5.91 Å². The third kappa shape index (κ3) is 3.71. The molecule has 144 valence electrons. The molecule has 0 aliphatic heterocycles. The lowest BCUT2D eigenvalue weighted by Gasteiger charge is -2.06. The number of thiazole rings is 1. The second-order valence-electron chi connectivity index (χ2n) is 6.82. The standard InChI is InChI=1S/C25H17N3OS/c29-24(22-15-12-17-6-4-5-9-21(17)27-22)26-20-13-10-18(11-14-20)23-16-30-25(28-23)19-7-2-1-3-8-19/h1-16H,(H,26,29). The highest BCUT2D eigenvalue weighted by Crippen LogP contribution is 2.29. The molecule has 4 nitrogen and oxygen atoms in total. The first-order chi connectivity index (χ1) is 14.8. The quantitative estimate of drug-likeness (QED) is 0.382. The van der Waals surface area contributed by atoms with Crippen LogP contribution in [0.2, 0.25) is 0 Å². The number of rotatable bonds is 4. The Labute approximate surface area is 177 Å². The van der Waals surface area contributed by atoms with E-state index in [1.54, 1.807) is 17.4 Å². The molecule has 5 rings (SSSR count). The second kappa shape index (κ2) is 7.89. The predicted molar refractivity (Wildman–Crippen MR) is 123 cm³/mol. The average Bonchev–Trinajstić information content (AvgIpc) is 3.30. The molecule has 1 N–H and O–H groups in total. The number of amides is 1. The predicted octanol–water partition coefficient (Wildman–Crippen LogP) is 6.28. The van der Waals surface area contributed by atoms with Gasteiger partial charge < -0.3 is 5.32 Å². The maximum absolute atomic E-state index is 12.6. The van der Waals surface area contributed by atoms with Gasteiger partial charge in [-0.25, -0.2) is 9.97 Å². The Hall–Kier alpha value is -3.83. The number of benzene rings is 3. The topological polar surface area (TPSA) is 54.9 Å². The third-order valence-corrected chi connectivity index (χ3v) is 5.69. The van der Waals surface area contributed by atoms with E-state index in [0.717, 1.165) is 38.4 Å². The molecule has 5 heteroatoms. The number of anilines is 1. The largest absolute Gasteiger partial charge is 0.321 e. The number of nitrogens with zero attached hydrogens (tertiary/aromatic N) is 2. The summed E-state index contributed by atoms with van der Waals surface area (Å²) in [5.41, 5.74) is 4.96. The summed E-state index contributed by atoms with van der Waals surface area (Å²) < 4.78 is 0. The molecule has 0 atom stereocenters. The van der Waals surface area contributed by atoms with Crippen LogP contribution in [0.1, 0.15) is 10.5 Å². The molecule has 3 aromatic carbocycles. The highest BCUT2D eigenvalue weighted by atomic mass is 32.1. The van der Waals surface area contributed by atoms with Crippen LogP contribution in [0.15, 0.2) is 96.4 Å². The number of hydrogen-bond acceptors (Lipinski definition) is 4. The zero-order valence-electron chi connectivity index (χ0n) is 15.9. The Morgan fingerprint density at radius 3 is 2.33 bits per heavy atom. The van der Waals surface area contributed by atoms with Crippen LogP contribution < -0.4 is 5.32 Å². The second-order valence-corrected chi connectivity index (χ2v) is 7.68. The number of aromatic nitrogens is 2. The lowest BCUT2D eigenvalue weighted by atomic mass is 10.1. The Morgan fingerprint density at radius 1 is 0.733 bits per heavy atom. The van der Waals surface area contributed by atoms with E-state index in [-0.39, 0.29) is 5.91 Å². The summed E-state index contributed by atoms with van der Waals surface area (Å²) in [6.45, 7) is 0. The number of para-hydroxylation sites is 1. The fourth-order valence-corrected chi connectivity index (χ4v) is 4.07. The molecule has 1 amide bonds. The number of pyridine rings is 1. The summed E-state index contributed by atoms with van der Waals surface area (Å²) in [6.07, 6.45) is 0. The molecule has 0 aliphatic carbocycles. The maximum atomic E-state index is 12.6. The number of hydrogen-bond donors (Lipinski definition) is 1. The van der Waals surface area contributed by atoms with Crippen LogP contribution in [-0.4, -0.2) is 15.9 Å². The lowest BCUT2D eigenvalue weighted by Crippen LogP contribution is -2.13. The monoisotopic (exact) mass is 407 g/mol. The lowest BCUT2D eigenvalue weighted by molar-refractivity contribution is 0.102. The van der Waals surface area contributed by atoms with Gasteiger partial charge in [-0.1, -0.05) is 66.7 Å². The van der Waals surface area contributed by atoms with Gasteiger partial charge in [-0.15, -0.1) is 11.3 Å². The number of nitrogens with one attached hydrogen (secondary N) is 1. The first-order valence-electron chi connectivity index (χ1n) is 9.55. The average molecular weight is 407 g/mol. The van der Waals surface area contributed by atoms with Gasteiger partial charge in [0.2, 0.25) is 0 Å². The summed E-state index contributed by atoms with van der Waals surface area (Å²) in [6, 6.07) is 29.2. The molecule has 0 fully saturated rings. The van der Waals surface area contributed by atoms with Gasteiger partial charge in [-0.2, -0.15) is 0 Å². The van der Waals surface area contributed by atoms with Crippen molar-refractivity contribution in [3.05, 3.63) is 102 Å². The summed E-state index contributed by atoms with van der Waals surface area (Å²) >= 11 is 1.62. The van der Waals surface area contributed by atoms with E-state index in [2.05, 4.69) is 27.8 Å². The molecule has 0 radical (unpaired) electrons. The van der Waals surface area contributed by atoms with Gasteiger partial charge in [0.05, 0.1) is 11.2 Å². The minimum Gasteiger partial charge on any atom is -0.321 e. The van der Waals surface area contributed by atoms with Gasteiger partial charge in [-0.3, -0.25) is 4.79 Å².